The molecule has 0 saturated carbocycles. The minimum atomic E-state index is -1.25. The Morgan fingerprint density at radius 1 is 1.29 bits per heavy atom. The number of nitrogens with one attached hydrogen (secondary N) is 1. The van der Waals surface area contributed by atoms with Crippen LogP contribution in [0.3, 0.4) is 0 Å². The molecule has 118 valence electrons. The van der Waals surface area contributed by atoms with Gasteiger partial charge < -0.3 is 20.3 Å². The van der Waals surface area contributed by atoms with Gasteiger partial charge in [-0.25, -0.2) is 4.79 Å². The lowest BCUT2D eigenvalue weighted by molar-refractivity contribution is -0.0359. The third kappa shape index (κ3) is 5.73. The number of benzene rings is 1. The molecule has 0 aromatic heterocycles. The van der Waals surface area contributed by atoms with Gasteiger partial charge in [0.05, 0.1) is 17.7 Å². The molecule has 0 radical (unpaired) electrons. The summed E-state index contributed by atoms with van der Waals surface area (Å²) in [5.41, 5.74) is -0.382. The highest BCUT2D eigenvalue weighted by Crippen LogP contribution is 2.18. The first kappa shape index (κ1) is 17.5. The SMILES string of the molecule is CC(C)[C@@H](O)[C@@H](NC(=O)OCc1ccccc1)C(C)(C)O. The van der Waals surface area contributed by atoms with E-state index in [0.717, 1.165) is 5.56 Å². The summed E-state index contributed by atoms with van der Waals surface area (Å²) in [7, 11) is 0. The highest BCUT2D eigenvalue weighted by Gasteiger charge is 2.36. The van der Waals surface area contributed by atoms with Crippen molar-refractivity contribution < 1.29 is 19.7 Å². The van der Waals surface area contributed by atoms with Crippen molar-refractivity contribution >= 4 is 6.09 Å². The number of aliphatic hydroxyl groups excluding tert-OH is 1. The van der Waals surface area contributed by atoms with Crippen LogP contribution in [0.25, 0.3) is 0 Å². The van der Waals surface area contributed by atoms with Gasteiger partial charge in [0.2, 0.25) is 0 Å². The molecule has 0 spiro atoms. The zero-order chi connectivity index (χ0) is 16.0. The normalized spacial score (nSPS) is 14.6. The van der Waals surface area contributed by atoms with E-state index in [0.29, 0.717) is 0 Å². The molecule has 1 amide bonds. The average molecular weight is 295 g/mol. The van der Waals surface area contributed by atoms with Gasteiger partial charge in [0.25, 0.3) is 0 Å². The zero-order valence-electron chi connectivity index (χ0n) is 13.0. The maximum Gasteiger partial charge on any atom is 0.407 e. The molecular formula is C16H25NO4. The van der Waals surface area contributed by atoms with Crippen molar-refractivity contribution in [3.63, 3.8) is 0 Å². The molecule has 1 aromatic carbocycles. The van der Waals surface area contributed by atoms with Crippen molar-refractivity contribution in [3.05, 3.63) is 35.9 Å². The van der Waals surface area contributed by atoms with E-state index in [1.807, 2.05) is 44.2 Å². The summed E-state index contributed by atoms with van der Waals surface area (Å²) in [4.78, 5) is 11.8. The van der Waals surface area contributed by atoms with Gasteiger partial charge in [0.15, 0.2) is 0 Å². The molecule has 1 rings (SSSR count). The van der Waals surface area contributed by atoms with Gasteiger partial charge in [-0.1, -0.05) is 44.2 Å². The Balaban J connectivity index is 2.60. The molecule has 3 N–H and O–H groups in total. The van der Waals surface area contributed by atoms with Crippen molar-refractivity contribution in [2.24, 2.45) is 5.92 Å². The molecule has 0 aliphatic rings. The Kier molecular flexibility index (Phi) is 6.18. The Bertz CT molecular complexity index is 439. The topological polar surface area (TPSA) is 78.8 Å². The second-order valence-corrected chi connectivity index (χ2v) is 6.07. The standard InChI is InChI=1S/C16H25NO4/c1-11(2)13(18)14(16(3,4)20)17-15(19)21-10-12-8-6-5-7-9-12/h5-9,11,13-14,18,20H,10H2,1-4H3,(H,17,19)/t13-,14-/m1/s1. The van der Waals surface area contributed by atoms with E-state index in [2.05, 4.69) is 5.32 Å². The lowest BCUT2D eigenvalue weighted by Crippen LogP contribution is -2.57. The molecule has 0 aliphatic carbocycles. The van der Waals surface area contributed by atoms with Crippen LogP contribution in [0.15, 0.2) is 30.3 Å². The van der Waals surface area contributed by atoms with Gasteiger partial charge in [-0.05, 0) is 25.3 Å². The quantitative estimate of drug-likeness (QED) is 0.750. The fourth-order valence-electron chi connectivity index (χ4n) is 1.96. The predicted octanol–water partition coefficient (Wildman–Crippen LogP) is 2.07. The Labute approximate surface area is 125 Å². The van der Waals surface area contributed by atoms with Crippen molar-refractivity contribution in [3.8, 4) is 0 Å². The molecule has 0 fully saturated rings. The predicted molar refractivity (Wildman–Crippen MR) is 80.7 cm³/mol. The van der Waals surface area contributed by atoms with Crippen LogP contribution in [0.2, 0.25) is 0 Å². The van der Waals surface area contributed by atoms with E-state index >= 15 is 0 Å². The van der Waals surface area contributed by atoms with Crippen molar-refractivity contribution in [2.75, 3.05) is 0 Å². The number of aliphatic hydroxyl groups is 2. The first-order chi connectivity index (χ1) is 9.71. The molecule has 0 bridgehead atoms. The fraction of sp³-hybridized carbons (Fsp3) is 0.562. The molecule has 5 heteroatoms. The Hall–Kier alpha value is -1.59. The minimum Gasteiger partial charge on any atom is -0.445 e. The van der Waals surface area contributed by atoms with E-state index in [1.165, 1.54) is 0 Å². The van der Waals surface area contributed by atoms with Gasteiger partial charge in [-0.3, -0.25) is 0 Å². The maximum atomic E-state index is 11.8. The van der Waals surface area contributed by atoms with Gasteiger partial charge >= 0.3 is 6.09 Å². The van der Waals surface area contributed by atoms with Crippen LogP contribution >= 0.6 is 0 Å². The van der Waals surface area contributed by atoms with E-state index < -0.39 is 23.8 Å². The molecule has 0 heterocycles. The summed E-state index contributed by atoms with van der Waals surface area (Å²) >= 11 is 0. The van der Waals surface area contributed by atoms with Crippen molar-refractivity contribution in [2.45, 2.75) is 52.0 Å². The number of hydrogen-bond donors (Lipinski definition) is 3. The maximum absolute atomic E-state index is 11.8. The van der Waals surface area contributed by atoms with Crippen LogP contribution in [0.5, 0.6) is 0 Å². The second-order valence-electron chi connectivity index (χ2n) is 6.07. The molecular weight excluding hydrogens is 270 g/mol. The smallest absolute Gasteiger partial charge is 0.407 e. The first-order valence-electron chi connectivity index (χ1n) is 7.09. The first-order valence-corrected chi connectivity index (χ1v) is 7.09. The van der Waals surface area contributed by atoms with Crippen LogP contribution in [-0.2, 0) is 11.3 Å². The average Bonchev–Trinajstić information content (AvgIpc) is 2.41. The number of carbonyl (C=O) groups is 1. The molecule has 5 nitrogen and oxygen atoms in total. The lowest BCUT2D eigenvalue weighted by Gasteiger charge is -2.35. The summed E-state index contributed by atoms with van der Waals surface area (Å²) in [6.07, 6.45) is -1.53. The van der Waals surface area contributed by atoms with E-state index in [1.54, 1.807) is 13.8 Å². The highest BCUT2D eigenvalue weighted by atomic mass is 16.5. The van der Waals surface area contributed by atoms with Gasteiger partial charge in [0.1, 0.15) is 6.61 Å². The third-order valence-electron chi connectivity index (χ3n) is 3.27. The fourth-order valence-corrected chi connectivity index (χ4v) is 1.96. The molecule has 2 atom stereocenters. The number of alkyl carbamates (subject to hydrolysis) is 1. The Morgan fingerprint density at radius 2 is 1.86 bits per heavy atom. The van der Waals surface area contributed by atoms with Crippen LogP contribution in [0.1, 0.15) is 33.3 Å². The van der Waals surface area contributed by atoms with Crippen LogP contribution < -0.4 is 5.32 Å². The number of amides is 1. The second kappa shape index (κ2) is 7.43. The van der Waals surface area contributed by atoms with Gasteiger partial charge in [-0.2, -0.15) is 0 Å². The van der Waals surface area contributed by atoms with Gasteiger partial charge in [-0.15, -0.1) is 0 Å². The van der Waals surface area contributed by atoms with Crippen molar-refractivity contribution in [1.29, 1.82) is 0 Å². The van der Waals surface area contributed by atoms with E-state index in [9.17, 15) is 15.0 Å². The monoisotopic (exact) mass is 295 g/mol. The van der Waals surface area contributed by atoms with E-state index in [-0.39, 0.29) is 12.5 Å². The summed E-state index contributed by atoms with van der Waals surface area (Å²) in [5.74, 6) is -0.101. The molecule has 0 saturated heterocycles. The Morgan fingerprint density at radius 3 is 2.33 bits per heavy atom. The molecule has 0 unspecified atom stereocenters. The molecule has 0 aliphatic heterocycles. The lowest BCUT2D eigenvalue weighted by atomic mass is 9.88. The van der Waals surface area contributed by atoms with Crippen LogP contribution in [0.4, 0.5) is 4.79 Å². The zero-order valence-corrected chi connectivity index (χ0v) is 13.0. The number of carbonyl (C=O) groups excluding carboxylic acids is 1. The summed E-state index contributed by atoms with van der Waals surface area (Å²) in [6, 6.07) is 8.50. The molecule has 21 heavy (non-hydrogen) atoms. The van der Waals surface area contributed by atoms with Crippen LogP contribution in [0, 0.1) is 5.92 Å². The van der Waals surface area contributed by atoms with E-state index in [4.69, 9.17) is 4.74 Å². The summed E-state index contributed by atoms with van der Waals surface area (Å²) in [6.45, 7) is 6.87. The third-order valence-corrected chi connectivity index (χ3v) is 3.27. The number of rotatable bonds is 6. The number of ether oxygens (including phenoxy) is 1. The summed E-state index contributed by atoms with van der Waals surface area (Å²) < 4.78 is 5.11. The number of hydrogen-bond acceptors (Lipinski definition) is 4. The summed E-state index contributed by atoms with van der Waals surface area (Å²) in [5, 5.41) is 22.8. The highest BCUT2D eigenvalue weighted by molar-refractivity contribution is 5.67. The molecule has 1 aromatic rings. The van der Waals surface area contributed by atoms with Crippen LogP contribution in [-0.4, -0.2) is 34.1 Å². The minimum absolute atomic E-state index is 0.101. The van der Waals surface area contributed by atoms with Gasteiger partial charge in [0, 0.05) is 0 Å². The largest absolute Gasteiger partial charge is 0.445 e. The van der Waals surface area contributed by atoms with Crippen molar-refractivity contribution in [1.82, 2.24) is 5.32 Å².